The second-order valence-corrected chi connectivity index (χ2v) is 6.18. The highest BCUT2D eigenvalue weighted by Crippen LogP contribution is 2.29. The molecular weight excluding hydrogens is 298 g/mol. The van der Waals surface area contributed by atoms with Crippen molar-refractivity contribution in [1.82, 2.24) is 4.90 Å². The first-order valence-corrected chi connectivity index (χ1v) is 8.55. The van der Waals surface area contributed by atoms with Crippen LogP contribution in [-0.2, 0) is 23.8 Å². The van der Waals surface area contributed by atoms with Gasteiger partial charge in [0.15, 0.2) is 0 Å². The van der Waals surface area contributed by atoms with Crippen LogP contribution in [0.25, 0.3) is 0 Å². The molecule has 0 N–H and O–H groups in total. The molecule has 0 aromatic rings. The molecule has 0 bridgehead atoms. The maximum Gasteiger partial charge on any atom is 0.310 e. The second-order valence-electron chi connectivity index (χ2n) is 6.18. The van der Waals surface area contributed by atoms with Gasteiger partial charge in [0.2, 0.25) is 0 Å². The van der Waals surface area contributed by atoms with Crippen molar-refractivity contribution in [3.05, 3.63) is 0 Å². The Bertz CT molecular complexity index is 370. The van der Waals surface area contributed by atoms with E-state index in [0.29, 0.717) is 38.8 Å². The zero-order chi connectivity index (χ0) is 17.2. The lowest BCUT2D eigenvalue weighted by atomic mass is 10.1. The first-order valence-electron chi connectivity index (χ1n) is 8.55. The van der Waals surface area contributed by atoms with Gasteiger partial charge in [0.1, 0.15) is 6.10 Å². The molecule has 134 valence electrons. The number of carbonyl (C=O) groups is 2. The fourth-order valence-electron chi connectivity index (χ4n) is 2.29. The van der Waals surface area contributed by atoms with Gasteiger partial charge in [-0.3, -0.25) is 9.59 Å². The van der Waals surface area contributed by atoms with Gasteiger partial charge in [-0.2, -0.15) is 0 Å². The van der Waals surface area contributed by atoms with Crippen molar-refractivity contribution in [2.75, 3.05) is 40.0 Å². The maximum absolute atomic E-state index is 12.6. The molecule has 0 radical (unpaired) electrons. The van der Waals surface area contributed by atoms with Crippen LogP contribution < -0.4 is 0 Å². The number of ether oxygens (including phenoxy) is 3. The minimum Gasteiger partial charge on any atom is -0.469 e. The Kier molecular flexibility index (Phi) is 9.17. The van der Waals surface area contributed by atoms with Gasteiger partial charge < -0.3 is 19.1 Å². The predicted octanol–water partition coefficient (Wildman–Crippen LogP) is 1.87. The van der Waals surface area contributed by atoms with Crippen molar-refractivity contribution in [1.29, 1.82) is 0 Å². The number of hydrogen-bond donors (Lipinski definition) is 0. The molecule has 23 heavy (non-hydrogen) atoms. The van der Waals surface area contributed by atoms with Crippen LogP contribution in [-0.4, -0.2) is 62.9 Å². The molecule has 0 aromatic heterocycles. The summed E-state index contributed by atoms with van der Waals surface area (Å²) < 4.78 is 15.7. The van der Waals surface area contributed by atoms with Crippen LogP contribution in [0.2, 0.25) is 0 Å². The van der Waals surface area contributed by atoms with Crippen LogP contribution in [0.4, 0.5) is 0 Å². The minimum absolute atomic E-state index is 0.0714. The summed E-state index contributed by atoms with van der Waals surface area (Å²) >= 11 is 0. The molecular formula is C17H31NO5. The van der Waals surface area contributed by atoms with E-state index in [1.54, 1.807) is 18.7 Å². The number of methoxy groups -OCH3 is 1. The summed E-state index contributed by atoms with van der Waals surface area (Å²) in [5, 5.41) is 0. The van der Waals surface area contributed by atoms with Crippen LogP contribution >= 0.6 is 0 Å². The third-order valence-corrected chi connectivity index (χ3v) is 3.96. The Morgan fingerprint density at radius 3 is 2.52 bits per heavy atom. The first-order chi connectivity index (χ1) is 11.0. The highest BCUT2D eigenvalue weighted by atomic mass is 16.5. The molecule has 1 fully saturated rings. The number of carbonyl (C=O) groups excluding carboxylic acids is 2. The third kappa shape index (κ3) is 7.79. The Morgan fingerprint density at radius 2 is 1.96 bits per heavy atom. The van der Waals surface area contributed by atoms with Gasteiger partial charge in [-0.25, -0.2) is 0 Å². The monoisotopic (exact) mass is 329 g/mol. The molecule has 6 heteroatoms. The largest absolute Gasteiger partial charge is 0.469 e. The topological polar surface area (TPSA) is 65.1 Å². The van der Waals surface area contributed by atoms with Crippen LogP contribution in [0.5, 0.6) is 0 Å². The van der Waals surface area contributed by atoms with Gasteiger partial charge in [-0.1, -0.05) is 6.92 Å². The molecule has 1 aliphatic rings. The number of esters is 1. The van der Waals surface area contributed by atoms with Crippen molar-refractivity contribution >= 4 is 11.9 Å². The molecule has 0 spiro atoms. The summed E-state index contributed by atoms with van der Waals surface area (Å²) in [6.45, 7) is 8.29. The van der Waals surface area contributed by atoms with Crippen molar-refractivity contribution in [3.8, 4) is 0 Å². The summed E-state index contributed by atoms with van der Waals surface area (Å²) in [6.07, 6.45) is 2.65. The summed E-state index contributed by atoms with van der Waals surface area (Å²) in [5.74, 6) is -0.116. The molecule has 1 amide bonds. The Labute approximate surface area is 139 Å². The lowest BCUT2D eigenvalue weighted by Gasteiger charge is -2.27. The molecule has 1 rings (SSSR count). The van der Waals surface area contributed by atoms with Crippen molar-refractivity contribution in [2.24, 2.45) is 11.8 Å². The highest BCUT2D eigenvalue weighted by Gasteiger charge is 2.28. The second kappa shape index (κ2) is 10.6. The van der Waals surface area contributed by atoms with Gasteiger partial charge in [-0.15, -0.1) is 0 Å². The summed E-state index contributed by atoms with van der Waals surface area (Å²) in [7, 11) is 1.36. The van der Waals surface area contributed by atoms with E-state index in [4.69, 9.17) is 14.2 Å². The van der Waals surface area contributed by atoms with E-state index >= 15 is 0 Å². The van der Waals surface area contributed by atoms with Crippen LogP contribution in [0.15, 0.2) is 0 Å². The Hall–Kier alpha value is -1.14. The number of nitrogens with zero attached hydrogens (tertiary/aromatic N) is 1. The van der Waals surface area contributed by atoms with E-state index in [1.807, 2.05) is 6.92 Å². The average molecular weight is 329 g/mol. The van der Waals surface area contributed by atoms with E-state index in [1.165, 1.54) is 20.0 Å². The minimum atomic E-state index is -0.479. The van der Waals surface area contributed by atoms with E-state index < -0.39 is 6.10 Å². The van der Waals surface area contributed by atoms with E-state index in [-0.39, 0.29) is 17.8 Å². The number of hydrogen-bond acceptors (Lipinski definition) is 5. The SMILES string of the molecule is CCOCCCN(CC(C)C(=O)OC)C(=O)C(C)OCC1CC1. The van der Waals surface area contributed by atoms with Crippen molar-refractivity contribution in [3.63, 3.8) is 0 Å². The Morgan fingerprint density at radius 1 is 1.26 bits per heavy atom. The summed E-state index contributed by atoms with van der Waals surface area (Å²) in [4.78, 5) is 25.9. The molecule has 0 aromatic carbocycles. The molecule has 6 nitrogen and oxygen atoms in total. The molecule has 2 atom stereocenters. The summed E-state index contributed by atoms with van der Waals surface area (Å²) in [6, 6.07) is 0. The quantitative estimate of drug-likeness (QED) is 0.404. The number of amides is 1. The van der Waals surface area contributed by atoms with Crippen molar-refractivity contribution < 1.29 is 23.8 Å². The molecule has 1 aliphatic carbocycles. The van der Waals surface area contributed by atoms with E-state index in [0.717, 1.165) is 6.42 Å². The normalized spacial score (nSPS) is 16.7. The molecule has 0 saturated heterocycles. The average Bonchev–Trinajstić information content (AvgIpc) is 3.38. The van der Waals surface area contributed by atoms with Gasteiger partial charge in [0.05, 0.1) is 19.6 Å². The molecule has 0 heterocycles. The van der Waals surface area contributed by atoms with Crippen LogP contribution in [0.3, 0.4) is 0 Å². The van der Waals surface area contributed by atoms with Crippen molar-refractivity contribution in [2.45, 2.75) is 46.1 Å². The maximum atomic E-state index is 12.6. The van der Waals surface area contributed by atoms with Gasteiger partial charge >= 0.3 is 5.97 Å². The standard InChI is InChI=1S/C17H31NO5/c1-5-22-10-6-9-18(11-13(2)17(20)21-4)16(19)14(3)23-12-15-7-8-15/h13-15H,5-12H2,1-4H3. The fraction of sp³-hybridized carbons (Fsp3) is 0.882. The van der Waals surface area contributed by atoms with Gasteiger partial charge in [0, 0.05) is 26.3 Å². The first kappa shape index (κ1) is 19.9. The smallest absolute Gasteiger partial charge is 0.310 e. The third-order valence-electron chi connectivity index (χ3n) is 3.96. The fourth-order valence-corrected chi connectivity index (χ4v) is 2.29. The molecule has 1 saturated carbocycles. The molecule has 2 unspecified atom stereocenters. The summed E-state index contributed by atoms with van der Waals surface area (Å²) in [5.41, 5.74) is 0. The zero-order valence-electron chi connectivity index (χ0n) is 14.9. The predicted molar refractivity (Wildman–Crippen MR) is 87.0 cm³/mol. The molecule has 0 aliphatic heterocycles. The lowest BCUT2D eigenvalue weighted by Crippen LogP contribution is -2.43. The number of rotatable bonds is 12. The zero-order valence-corrected chi connectivity index (χ0v) is 14.9. The Balaban J connectivity index is 2.51. The lowest BCUT2D eigenvalue weighted by molar-refractivity contribution is -0.149. The van der Waals surface area contributed by atoms with Gasteiger partial charge in [-0.05, 0) is 39.0 Å². The van der Waals surface area contributed by atoms with Gasteiger partial charge in [0.25, 0.3) is 5.91 Å². The van der Waals surface area contributed by atoms with E-state index in [9.17, 15) is 9.59 Å². The van der Waals surface area contributed by atoms with E-state index in [2.05, 4.69) is 0 Å². The van der Waals surface area contributed by atoms with Crippen LogP contribution in [0, 0.1) is 11.8 Å². The highest BCUT2D eigenvalue weighted by molar-refractivity contribution is 5.81. The van der Waals surface area contributed by atoms with Crippen LogP contribution in [0.1, 0.15) is 40.0 Å².